The smallest absolute Gasteiger partial charge is 0.305 e. The Balaban J connectivity index is 2.11. The van der Waals surface area contributed by atoms with Crippen molar-refractivity contribution >= 4 is 11.9 Å². The first-order chi connectivity index (χ1) is 9.11. The van der Waals surface area contributed by atoms with E-state index in [0.29, 0.717) is 18.0 Å². The molecule has 1 saturated heterocycles. The number of carboxylic acids is 1. The van der Waals surface area contributed by atoms with Gasteiger partial charge in [0, 0.05) is 24.8 Å². The van der Waals surface area contributed by atoms with E-state index in [1.165, 1.54) is 13.3 Å². The Kier molecular flexibility index (Phi) is 3.99. The molecule has 1 amide bonds. The number of pyridine rings is 1. The zero-order valence-electron chi connectivity index (χ0n) is 10.7. The van der Waals surface area contributed by atoms with Crippen LogP contribution in [0.5, 0.6) is 5.88 Å². The molecule has 1 N–H and O–H groups in total. The van der Waals surface area contributed by atoms with Gasteiger partial charge in [-0.15, -0.1) is 0 Å². The highest BCUT2D eigenvalue weighted by molar-refractivity contribution is 5.94. The lowest BCUT2D eigenvalue weighted by atomic mass is 10.1. The summed E-state index contributed by atoms with van der Waals surface area (Å²) in [5.41, 5.74) is 0.457. The SMILES string of the molecule is COc1ccc(C(=O)N2CCC[C@@H]2CC(=O)O)cn1. The minimum atomic E-state index is -0.877. The van der Waals surface area contributed by atoms with Crippen molar-refractivity contribution in [2.75, 3.05) is 13.7 Å². The van der Waals surface area contributed by atoms with Crippen molar-refractivity contribution in [2.24, 2.45) is 0 Å². The van der Waals surface area contributed by atoms with Crippen molar-refractivity contribution in [3.05, 3.63) is 23.9 Å². The van der Waals surface area contributed by atoms with Crippen LogP contribution in [0.3, 0.4) is 0 Å². The number of hydrogen-bond donors (Lipinski definition) is 1. The van der Waals surface area contributed by atoms with E-state index in [1.807, 2.05) is 0 Å². The van der Waals surface area contributed by atoms with E-state index in [2.05, 4.69) is 4.98 Å². The average Bonchev–Trinajstić information content (AvgIpc) is 2.85. The number of carboxylic acid groups (broad SMARTS) is 1. The Hall–Kier alpha value is -2.11. The standard InChI is InChI=1S/C13H16N2O4/c1-19-11-5-4-9(8-14-11)13(18)15-6-2-3-10(15)7-12(16)17/h4-5,8,10H,2-3,6-7H2,1H3,(H,16,17)/t10-/m1/s1. The second-order valence-corrected chi connectivity index (χ2v) is 4.48. The Morgan fingerprint density at radius 1 is 1.53 bits per heavy atom. The summed E-state index contributed by atoms with van der Waals surface area (Å²) in [6, 6.07) is 3.05. The van der Waals surface area contributed by atoms with Crippen LogP contribution < -0.4 is 4.74 Å². The molecule has 0 spiro atoms. The van der Waals surface area contributed by atoms with Gasteiger partial charge in [0.15, 0.2) is 0 Å². The number of aromatic nitrogens is 1. The van der Waals surface area contributed by atoms with Gasteiger partial charge in [-0.2, -0.15) is 0 Å². The molecule has 1 fully saturated rings. The molecular formula is C13H16N2O4. The summed E-state index contributed by atoms with van der Waals surface area (Å²) >= 11 is 0. The number of hydrogen-bond acceptors (Lipinski definition) is 4. The van der Waals surface area contributed by atoms with Crippen LogP contribution in [-0.4, -0.2) is 46.6 Å². The maximum atomic E-state index is 12.3. The van der Waals surface area contributed by atoms with Gasteiger partial charge in [-0.3, -0.25) is 9.59 Å². The first-order valence-corrected chi connectivity index (χ1v) is 6.14. The third-order valence-electron chi connectivity index (χ3n) is 3.24. The minimum Gasteiger partial charge on any atom is -0.481 e. The van der Waals surface area contributed by atoms with Crippen molar-refractivity contribution in [1.82, 2.24) is 9.88 Å². The number of rotatable bonds is 4. The molecule has 0 unspecified atom stereocenters. The fraction of sp³-hybridized carbons (Fsp3) is 0.462. The van der Waals surface area contributed by atoms with Crippen molar-refractivity contribution < 1.29 is 19.4 Å². The van der Waals surface area contributed by atoms with Crippen LogP contribution in [0.1, 0.15) is 29.6 Å². The zero-order chi connectivity index (χ0) is 13.8. The van der Waals surface area contributed by atoms with Gasteiger partial charge < -0.3 is 14.7 Å². The zero-order valence-corrected chi connectivity index (χ0v) is 10.7. The molecule has 0 saturated carbocycles. The molecule has 0 radical (unpaired) electrons. The van der Waals surface area contributed by atoms with E-state index in [-0.39, 0.29) is 18.4 Å². The van der Waals surface area contributed by atoms with Gasteiger partial charge in [0.2, 0.25) is 5.88 Å². The van der Waals surface area contributed by atoms with Gasteiger partial charge in [0.05, 0.1) is 19.1 Å². The summed E-state index contributed by atoms with van der Waals surface area (Å²) in [6.07, 6.45) is 3.03. The summed E-state index contributed by atoms with van der Waals surface area (Å²) < 4.78 is 4.93. The molecule has 19 heavy (non-hydrogen) atoms. The lowest BCUT2D eigenvalue weighted by Crippen LogP contribution is -2.36. The molecule has 1 aromatic rings. The van der Waals surface area contributed by atoms with E-state index in [4.69, 9.17) is 9.84 Å². The van der Waals surface area contributed by atoms with Crippen molar-refractivity contribution in [3.8, 4) is 5.88 Å². The maximum absolute atomic E-state index is 12.3. The first-order valence-electron chi connectivity index (χ1n) is 6.14. The van der Waals surface area contributed by atoms with Crippen LogP contribution >= 0.6 is 0 Å². The lowest BCUT2D eigenvalue weighted by molar-refractivity contribution is -0.137. The Morgan fingerprint density at radius 2 is 2.32 bits per heavy atom. The molecular weight excluding hydrogens is 248 g/mol. The number of carbonyl (C=O) groups is 2. The Labute approximate surface area is 111 Å². The first kappa shape index (κ1) is 13.3. The number of methoxy groups -OCH3 is 1. The van der Waals surface area contributed by atoms with Crippen LogP contribution in [0.15, 0.2) is 18.3 Å². The Bertz CT molecular complexity index is 472. The lowest BCUT2D eigenvalue weighted by Gasteiger charge is -2.23. The van der Waals surface area contributed by atoms with Crippen molar-refractivity contribution in [1.29, 1.82) is 0 Å². The van der Waals surface area contributed by atoms with E-state index in [1.54, 1.807) is 17.0 Å². The highest BCUT2D eigenvalue weighted by atomic mass is 16.5. The predicted octanol–water partition coefficient (Wildman–Crippen LogP) is 1.17. The third kappa shape index (κ3) is 3.01. The molecule has 0 aliphatic carbocycles. The number of likely N-dealkylation sites (tertiary alicyclic amines) is 1. The number of ether oxygens (including phenoxy) is 1. The summed E-state index contributed by atoms with van der Waals surface area (Å²) in [5, 5.41) is 8.85. The number of carbonyl (C=O) groups excluding carboxylic acids is 1. The molecule has 2 rings (SSSR count). The van der Waals surface area contributed by atoms with Crippen molar-refractivity contribution in [2.45, 2.75) is 25.3 Å². The van der Waals surface area contributed by atoms with Crippen LogP contribution in [0, 0.1) is 0 Å². The van der Waals surface area contributed by atoms with E-state index in [9.17, 15) is 9.59 Å². The van der Waals surface area contributed by atoms with E-state index >= 15 is 0 Å². The van der Waals surface area contributed by atoms with Crippen molar-refractivity contribution in [3.63, 3.8) is 0 Å². The molecule has 6 heteroatoms. The second-order valence-electron chi connectivity index (χ2n) is 4.48. The molecule has 2 heterocycles. The van der Waals surface area contributed by atoms with Gasteiger partial charge >= 0.3 is 5.97 Å². The molecule has 1 aliphatic heterocycles. The average molecular weight is 264 g/mol. The third-order valence-corrected chi connectivity index (χ3v) is 3.24. The molecule has 0 bridgehead atoms. The minimum absolute atomic E-state index is 0.00464. The van der Waals surface area contributed by atoms with Gasteiger partial charge in [-0.25, -0.2) is 4.98 Å². The van der Waals surface area contributed by atoms with Crippen LogP contribution in [0.2, 0.25) is 0 Å². The monoisotopic (exact) mass is 264 g/mol. The maximum Gasteiger partial charge on any atom is 0.305 e. The van der Waals surface area contributed by atoms with Gasteiger partial charge in [-0.1, -0.05) is 0 Å². The summed E-state index contributed by atoms with van der Waals surface area (Å²) in [4.78, 5) is 28.7. The molecule has 102 valence electrons. The van der Waals surface area contributed by atoms with Gasteiger partial charge in [0.1, 0.15) is 0 Å². The summed E-state index contributed by atoms with van der Waals surface area (Å²) in [6.45, 7) is 0.600. The number of aliphatic carboxylic acids is 1. The quantitative estimate of drug-likeness (QED) is 0.883. The molecule has 0 aromatic carbocycles. The highest BCUT2D eigenvalue weighted by Crippen LogP contribution is 2.22. The molecule has 1 aromatic heterocycles. The Morgan fingerprint density at radius 3 is 2.89 bits per heavy atom. The normalized spacial score (nSPS) is 18.4. The molecule has 1 atom stereocenters. The van der Waals surface area contributed by atoms with Crippen LogP contribution in [0.25, 0.3) is 0 Å². The second kappa shape index (κ2) is 5.69. The molecule has 6 nitrogen and oxygen atoms in total. The fourth-order valence-electron chi connectivity index (χ4n) is 2.31. The van der Waals surface area contributed by atoms with Gasteiger partial charge in [-0.05, 0) is 18.9 Å². The fourth-order valence-corrected chi connectivity index (χ4v) is 2.31. The van der Waals surface area contributed by atoms with E-state index in [0.717, 1.165) is 12.8 Å². The highest BCUT2D eigenvalue weighted by Gasteiger charge is 2.30. The van der Waals surface area contributed by atoms with Crippen LogP contribution in [-0.2, 0) is 4.79 Å². The summed E-state index contributed by atoms with van der Waals surface area (Å²) in [5.74, 6) is -0.600. The van der Waals surface area contributed by atoms with Crippen LogP contribution in [0.4, 0.5) is 0 Å². The molecule has 1 aliphatic rings. The topological polar surface area (TPSA) is 79.7 Å². The number of amides is 1. The van der Waals surface area contributed by atoms with E-state index < -0.39 is 5.97 Å². The number of nitrogens with zero attached hydrogens (tertiary/aromatic N) is 2. The largest absolute Gasteiger partial charge is 0.481 e. The summed E-state index contributed by atoms with van der Waals surface area (Å²) in [7, 11) is 1.51. The van der Waals surface area contributed by atoms with Gasteiger partial charge in [0.25, 0.3) is 5.91 Å². The predicted molar refractivity (Wildman–Crippen MR) is 67.1 cm³/mol.